The molecule has 2 N–H and O–H groups in total. The number of hydrogen-bond donors (Lipinski definition) is 2. The molecule has 0 fully saturated rings. The fraction of sp³-hybridized carbons (Fsp3) is 0.238. The summed E-state index contributed by atoms with van der Waals surface area (Å²) in [7, 11) is 0. The van der Waals surface area contributed by atoms with Crippen LogP contribution < -0.4 is 20.3 Å². The number of unbranched alkanes of at least 4 members (excludes halogenated alkanes) is 1. The van der Waals surface area contributed by atoms with Crippen molar-refractivity contribution in [2.24, 2.45) is 0 Å². The van der Waals surface area contributed by atoms with Crippen LogP contribution in [-0.4, -0.2) is 25.0 Å². The van der Waals surface area contributed by atoms with E-state index < -0.39 is 11.8 Å². The van der Waals surface area contributed by atoms with Crippen molar-refractivity contribution in [2.75, 3.05) is 13.2 Å². The van der Waals surface area contributed by atoms with Gasteiger partial charge in [0.1, 0.15) is 18.1 Å². The minimum atomic E-state index is -0.422. The van der Waals surface area contributed by atoms with Gasteiger partial charge in [0.15, 0.2) is 0 Å². The molecule has 0 aliphatic rings. The van der Waals surface area contributed by atoms with Gasteiger partial charge in [0.25, 0.3) is 11.8 Å². The lowest BCUT2D eigenvalue weighted by Gasteiger charge is -2.10. The van der Waals surface area contributed by atoms with Gasteiger partial charge in [-0.2, -0.15) is 0 Å². The zero-order valence-electron chi connectivity index (χ0n) is 15.4. The number of carbonyl (C=O) groups is 2. The van der Waals surface area contributed by atoms with E-state index in [9.17, 15) is 9.59 Å². The summed E-state index contributed by atoms with van der Waals surface area (Å²) in [6.45, 7) is 6.65. The van der Waals surface area contributed by atoms with Crippen LogP contribution in [0.1, 0.15) is 40.5 Å². The Morgan fingerprint density at radius 3 is 2.33 bits per heavy atom. The number of hydrazine groups is 1. The molecule has 0 saturated carbocycles. The molecule has 2 aromatic rings. The average Bonchev–Trinajstić information content (AvgIpc) is 2.71. The topological polar surface area (TPSA) is 76.7 Å². The Balaban J connectivity index is 1.88. The fourth-order valence-electron chi connectivity index (χ4n) is 2.18. The van der Waals surface area contributed by atoms with Crippen molar-refractivity contribution in [3.8, 4) is 11.5 Å². The van der Waals surface area contributed by atoms with Crippen LogP contribution in [0.25, 0.3) is 0 Å². The Morgan fingerprint density at radius 2 is 1.67 bits per heavy atom. The number of amides is 2. The second kappa shape index (κ2) is 10.7. The molecule has 0 radical (unpaired) electrons. The second-order valence-corrected chi connectivity index (χ2v) is 5.76. The Morgan fingerprint density at radius 1 is 0.963 bits per heavy atom. The number of benzene rings is 2. The number of hydrogen-bond acceptors (Lipinski definition) is 4. The van der Waals surface area contributed by atoms with E-state index >= 15 is 0 Å². The molecule has 0 aliphatic carbocycles. The number of ether oxygens (including phenoxy) is 2. The molecule has 0 spiro atoms. The van der Waals surface area contributed by atoms with Crippen molar-refractivity contribution in [1.82, 2.24) is 10.9 Å². The average molecular weight is 368 g/mol. The number of rotatable bonds is 9. The molecule has 142 valence electrons. The molecule has 0 unspecified atom stereocenters. The largest absolute Gasteiger partial charge is 0.494 e. The van der Waals surface area contributed by atoms with Gasteiger partial charge in [0.05, 0.1) is 6.61 Å². The van der Waals surface area contributed by atoms with Crippen LogP contribution >= 0.6 is 0 Å². The van der Waals surface area contributed by atoms with E-state index in [1.54, 1.807) is 54.6 Å². The molecule has 6 nitrogen and oxygen atoms in total. The lowest BCUT2D eigenvalue weighted by molar-refractivity contribution is 0.0846. The van der Waals surface area contributed by atoms with Crippen LogP contribution in [0.15, 0.2) is 61.2 Å². The SMILES string of the molecule is C=CCOc1ccc(C(=O)NNC(=O)c2cccc(OCCCC)c2)cc1. The maximum atomic E-state index is 12.2. The number of carbonyl (C=O) groups excluding carboxylic acids is 2. The van der Waals surface area contributed by atoms with E-state index in [1.165, 1.54) is 0 Å². The van der Waals surface area contributed by atoms with Crippen molar-refractivity contribution >= 4 is 11.8 Å². The summed E-state index contributed by atoms with van der Waals surface area (Å²) in [6.07, 6.45) is 3.62. The number of nitrogens with one attached hydrogen (secondary N) is 2. The highest BCUT2D eigenvalue weighted by molar-refractivity contribution is 5.99. The maximum absolute atomic E-state index is 12.2. The predicted molar refractivity (Wildman–Crippen MR) is 104 cm³/mol. The summed E-state index contributed by atoms with van der Waals surface area (Å²) in [6, 6.07) is 13.4. The van der Waals surface area contributed by atoms with Crippen molar-refractivity contribution < 1.29 is 19.1 Å². The van der Waals surface area contributed by atoms with Crippen molar-refractivity contribution in [3.05, 3.63) is 72.3 Å². The molecule has 2 amide bonds. The molecule has 0 saturated heterocycles. The van der Waals surface area contributed by atoms with Crippen LogP contribution in [0.5, 0.6) is 11.5 Å². The van der Waals surface area contributed by atoms with Crippen LogP contribution in [0.4, 0.5) is 0 Å². The zero-order valence-corrected chi connectivity index (χ0v) is 15.4. The monoisotopic (exact) mass is 368 g/mol. The molecule has 0 aromatic heterocycles. The normalized spacial score (nSPS) is 9.96. The highest BCUT2D eigenvalue weighted by Crippen LogP contribution is 2.14. The van der Waals surface area contributed by atoms with Crippen LogP contribution in [0.3, 0.4) is 0 Å². The molecule has 27 heavy (non-hydrogen) atoms. The van der Waals surface area contributed by atoms with Gasteiger partial charge in [-0.25, -0.2) is 0 Å². The molecular formula is C21H24N2O4. The Labute approximate surface area is 159 Å². The van der Waals surface area contributed by atoms with Gasteiger partial charge < -0.3 is 9.47 Å². The third kappa shape index (κ3) is 6.51. The summed E-state index contributed by atoms with van der Waals surface area (Å²) >= 11 is 0. The van der Waals surface area contributed by atoms with E-state index in [4.69, 9.17) is 9.47 Å². The lowest BCUT2D eigenvalue weighted by Crippen LogP contribution is -2.41. The van der Waals surface area contributed by atoms with Gasteiger partial charge in [0, 0.05) is 11.1 Å². The highest BCUT2D eigenvalue weighted by Gasteiger charge is 2.10. The van der Waals surface area contributed by atoms with Crippen molar-refractivity contribution in [2.45, 2.75) is 19.8 Å². The lowest BCUT2D eigenvalue weighted by atomic mass is 10.2. The molecule has 0 heterocycles. The Kier molecular flexibility index (Phi) is 7.91. The summed E-state index contributed by atoms with van der Waals surface area (Å²) in [5, 5.41) is 0. The van der Waals surface area contributed by atoms with Gasteiger partial charge in [-0.05, 0) is 48.9 Å². The summed E-state index contributed by atoms with van der Waals surface area (Å²) < 4.78 is 10.9. The van der Waals surface area contributed by atoms with Gasteiger partial charge in [-0.3, -0.25) is 20.4 Å². The second-order valence-electron chi connectivity index (χ2n) is 5.76. The fourth-order valence-corrected chi connectivity index (χ4v) is 2.18. The first-order chi connectivity index (χ1) is 13.1. The van der Waals surface area contributed by atoms with E-state index in [0.29, 0.717) is 35.8 Å². The van der Waals surface area contributed by atoms with Crippen LogP contribution in [0, 0.1) is 0 Å². The van der Waals surface area contributed by atoms with E-state index in [-0.39, 0.29) is 0 Å². The molecular weight excluding hydrogens is 344 g/mol. The minimum Gasteiger partial charge on any atom is -0.494 e. The van der Waals surface area contributed by atoms with Gasteiger partial charge in [0.2, 0.25) is 0 Å². The highest BCUT2D eigenvalue weighted by atomic mass is 16.5. The first kappa shape index (κ1) is 20.0. The molecule has 2 rings (SSSR count). The Bertz CT molecular complexity index is 772. The molecule has 6 heteroatoms. The molecule has 0 bridgehead atoms. The zero-order chi connectivity index (χ0) is 19.5. The van der Waals surface area contributed by atoms with Crippen LogP contribution in [0.2, 0.25) is 0 Å². The summed E-state index contributed by atoms with van der Waals surface area (Å²) in [5.41, 5.74) is 5.60. The van der Waals surface area contributed by atoms with Gasteiger partial charge in [-0.1, -0.05) is 32.1 Å². The minimum absolute atomic E-state index is 0.392. The molecule has 0 aliphatic heterocycles. The maximum Gasteiger partial charge on any atom is 0.269 e. The van der Waals surface area contributed by atoms with E-state index in [2.05, 4.69) is 24.4 Å². The van der Waals surface area contributed by atoms with Crippen molar-refractivity contribution in [1.29, 1.82) is 0 Å². The third-order valence-corrected chi connectivity index (χ3v) is 3.64. The van der Waals surface area contributed by atoms with E-state index in [0.717, 1.165) is 12.8 Å². The van der Waals surface area contributed by atoms with E-state index in [1.807, 2.05) is 0 Å². The third-order valence-electron chi connectivity index (χ3n) is 3.64. The van der Waals surface area contributed by atoms with Gasteiger partial charge in [-0.15, -0.1) is 0 Å². The summed E-state index contributed by atoms with van der Waals surface area (Å²) in [5.74, 6) is 0.414. The molecule has 0 atom stereocenters. The first-order valence-electron chi connectivity index (χ1n) is 8.81. The first-order valence-corrected chi connectivity index (χ1v) is 8.81. The smallest absolute Gasteiger partial charge is 0.269 e. The predicted octanol–water partition coefficient (Wildman–Crippen LogP) is 3.51. The Hall–Kier alpha value is -3.28. The molecule has 2 aromatic carbocycles. The standard InChI is InChI=1S/C21H24N2O4/c1-3-5-14-27-19-8-6-7-17(15-19)21(25)23-22-20(24)16-9-11-18(12-10-16)26-13-4-2/h4,6-12,15H,2-3,5,13-14H2,1H3,(H,22,24)(H,23,25). The van der Waals surface area contributed by atoms with Gasteiger partial charge >= 0.3 is 0 Å². The van der Waals surface area contributed by atoms with Crippen LogP contribution in [-0.2, 0) is 0 Å². The summed E-state index contributed by atoms with van der Waals surface area (Å²) in [4.78, 5) is 24.4. The van der Waals surface area contributed by atoms with Crippen molar-refractivity contribution in [3.63, 3.8) is 0 Å². The quantitative estimate of drug-likeness (QED) is 0.403.